The fraction of sp³-hybridized carbons (Fsp3) is 0.0213. The Hall–Kier alpha value is -6.34. The van der Waals surface area contributed by atoms with Crippen molar-refractivity contribution in [1.82, 2.24) is 9.97 Å². The smallest absolute Gasteiger partial charge is 0.132 e. The molecule has 0 saturated heterocycles. The summed E-state index contributed by atoms with van der Waals surface area (Å²) in [6.45, 7) is 0. The standard InChI is InChI=1S/C47H26N2O2S2/c1-3-11-37-33(9-1)47(35-17-15-27(23-39(35)50-37)29-7-5-13-43-45(29)31-25-48-21-19-41(31)52-43)34-10-2-4-12-38(34)51-40-24-28(16-18-36(40)47)30-8-6-14-44-46(30)32-26-49-22-20-42(32)53-44/h1-26H. The van der Waals surface area contributed by atoms with Crippen LogP contribution in [0, 0.1) is 0 Å². The molecule has 0 saturated carbocycles. The van der Waals surface area contributed by atoms with Crippen molar-refractivity contribution >= 4 is 63.0 Å². The lowest BCUT2D eigenvalue weighted by Gasteiger charge is -2.45. The average molecular weight is 715 g/mol. The van der Waals surface area contributed by atoms with E-state index in [9.17, 15) is 0 Å². The van der Waals surface area contributed by atoms with E-state index in [-0.39, 0.29) is 0 Å². The van der Waals surface area contributed by atoms with Gasteiger partial charge >= 0.3 is 0 Å². The summed E-state index contributed by atoms with van der Waals surface area (Å²) in [6.07, 6.45) is 7.71. The van der Waals surface area contributed by atoms with E-state index in [0.29, 0.717) is 0 Å². The number of aromatic nitrogens is 2. The summed E-state index contributed by atoms with van der Waals surface area (Å²) in [5.74, 6) is 3.36. The van der Waals surface area contributed by atoms with Gasteiger partial charge in [-0.15, -0.1) is 22.7 Å². The second kappa shape index (κ2) is 10.8. The minimum absolute atomic E-state index is 0.679. The molecule has 0 aliphatic carbocycles. The maximum absolute atomic E-state index is 6.90. The lowest BCUT2D eigenvalue weighted by Crippen LogP contribution is -2.36. The molecule has 4 nitrogen and oxygen atoms in total. The number of hydrogen-bond acceptors (Lipinski definition) is 6. The molecule has 6 aromatic carbocycles. The minimum atomic E-state index is -0.679. The van der Waals surface area contributed by atoms with Gasteiger partial charge in [0.05, 0.1) is 5.41 Å². The van der Waals surface area contributed by atoms with E-state index in [0.717, 1.165) is 56.4 Å². The van der Waals surface area contributed by atoms with Crippen molar-refractivity contribution < 1.29 is 9.47 Å². The van der Waals surface area contributed by atoms with Crippen LogP contribution in [0.5, 0.6) is 23.0 Å². The van der Waals surface area contributed by atoms with E-state index < -0.39 is 5.41 Å². The van der Waals surface area contributed by atoms with Gasteiger partial charge in [0.1, 0.15) is 23.0 Å². The molecular weight excluding hydrogens is 689 g/mol. The van der Waals surface area contributed by atoms with Gasteiger partial charge in [-0.1, -0.05) is 84.9 Å². The molecule has 2 aliphatic rings. The monoisotopic (exact) mass is 714 g/mol. The molecule has 4 aromatic heterocycles. The highest BCUT2D eigenvalue weighted by Crippen LogP contribution is 2.62. The number of pyridine rings is 2. The largest absolute Gasteiger partial charge is 0.457 e. The summed E-state index contributed by atoms with van der Waals surface area (Å²) in [7, 11) is 0. The molecule has 0 N–H and O–H groups in total. The van der Waals surface area contributed by atoms with Crippen LogP contribution >= 0.6 is 22.7 Å². The summed E-state index contributed by atoms with van der Waals surface area (Å²) < 4.78 is 18.8. The first-order valence-corrected chi connectivity index (χ1v) is 19.2. The Balaban J connectivity index is 1.11. The Kier molecular flexibility index (Phi) is 5.98. The summed E-state index contributed by atoms with van der Waals surface area (Å²) in [5, 5.41) is 4.80. The van der Waals surface area contributed by atoms with Crippen LogP contribution in [-0.4, -0.2) is 9.97 Å². The maximum Gasteiger partial charge on any atom is 0.132 e. The Bertz CT molecular complexity index is 2950. The quantitative estimate of drug-likeness (QED) is 0.179. The van der Waals surface area contributed by atoms with Crippen molar-refractivity contribution in [2.45, 2.75) is 5.41 Å². The summed E-state index contributed by atoms with van der Waals surface area (Å²) in [6, 6.07) is 47.8. The van der Waals surface area contributed by atoms with Gasteiger partial charge in [0, 0.05) is 87.4 Å². The number of thiophene rings is 2. The van der Waals surface area contributed by atoms with Crippen LogP contribution < -0.4 is 9.47 Å². The van der Waals surface area contributed by atoms with Crippen molar-refractivity contribution in [3.05, 3.63) is 181 Å². The van der Waals surface area contributed by atoms with Gasteiger partial charge in [0.15, 0.2) is 0 Å². The van der Waals surface area contributed by atoms with Gasteiger partial charge in [-0.3, -0.25) is 9.97 Å². The van der Waals surface area contributed by atoms with E-state index >= 15 is 0 Å². The molecule has 6 heterocycles. The molecule has 53 heavy (non-hydrogen) atoms. The number of rotatable bonds is 2. The topological polar surface area (TPSA) is 44.2 Å². The zero-order valence-corrected chi connectivity index (χ0v) is 29.7. The molecule has 2 aliphatic heterocycles. The number of nitrogens with zero attached hydrogens (tertiary/aromatic N) is 2. The minimum Gasteiger partial charge on any atom is -0.457 e. The third-order valence-corrected chi connectivity index (χ3v) is 13.3. The summed E-state index contributed by atoms with van der Waals surface area (Å²) in [4.78, 5) is 8.97. The first-order chi connectivity index (χ1) is 26.3. The van der Waals surface area contributed by atoms with Crippen molar-refractivity contribution in [3.63, 3.8) is 0 Å². The number of hydrogen-bond donors (Lipinski definition) is 0. The number of ether oxygens (including phenoxy) is 2. The van der Waals surface area contributed by atoms with E-state index in [1.165, 1.54) is 51.5 Å². The van der Waals surface area contributed by atoms with Gasteiger partial charge < -0.3 is 9.47 Å². The Morgan fingerprint density at radius 3 is 1.40 bits per heavy atom. The average Bonchev–Trinajstić information content (AvgIpc) is 3.79. The predicted molar refractivity (Wildman–Crippen MR) is 217 cm³/mol. The summed E-state index contributed by atoms with van der Waals surface area (Å²) in [5.41, 5.74) is 8.24. The van der Waals surface area contributed by atoms with Crippen molar-refractivity contribution in [3.8, 4) is 45.3 Å². The Morgan fingerprint density at radius 2 is 0.887 bits per heavy atom. The molecule has 10 aromatic rings. The fourth-order valence-electron chi connectivity index (χ4n) is 8.83. The predicted octanol–water partition coefficient (Wildman–Crippen LogP) is 13.1. The highest BCUT2D eigenvalue weighted by atomic mass is 32.1. The Labute approximate surface area is 312 Å². The van der Waals surface area contributed by atoms with E-state index in [1.54, 1.807) is 22.7 Å². The number of para-hydroxylation sites is 2. The molecule has 0 atom stereocenters. The lowest BCUT2D eigenvalue weighted by molar-refractivity contribution is 0.399. The van der Waals surface area contributed by atoms with Crippen molar-refractivity contribution in [2.24, 2.45) is 0 Å². The second-order valence-electron chi connectivity index (χ2n) is 13.7. The molecule has 0 radical (unpaired) electrons. The second-order valence-corrected chi connectivity index (χ2v) is 15.8. The summed E-state index contributed by atoms with van der Waals surface area (Å²) >= 11 is 3.61. The molecule has 0 bridgehead atoms. The molecular formula is C47H26N2O2S2. The van der Waals surface area contributed by atoms with Gasteiger partial charge in [0.25, 0.3) is 0 Å². The maximum atomic E-state index is 6.90. The molecule has 1 spiro atoms. The molecule has 0 unspecified atom stereocenters. The fourth-order valence-corrected chi connectivity index (χ4v) is 11.0. The number of fused-ring (bicyclic) bond motifs is 14. The normalized spacial score (nSPS) is 13.7. The lowest BCUT2D eigenvalue weighted by atomic mass is 9.62. The van der Waals surface area contributed by atoms with Crippen molar-refractivity contribution in [1.29, 1.82) is 0 Å². The SMILES string of the molecule is c1ccc2c(c1)Oc1cc(-c3cccc4sc5ccncc5c34)ccc1C21c2ccccc2Oc2cc(-c3cccc4sc5ccncc5c34)ccc21. The highest BCUT2D eigenvalue weighted by molar-refractivity contribution is 7.26. The molecule has 248 valence electrons. The first kappa shape index (κ1) is 29.3. The van der Waals surface area contributed by atoms with Crippen LogP contribution in [0.2, 0.25) is 0 Å². The molecule has 0 fully saturated rings. The van der Waals surface area contributed by atoms with E-state index in [4.69, 9.17) is 9.47 Å². The number of benzene rings is 6. The van der Waals surface area contributed by atoms with Crippen LogP contribution in [0.4, 0.5) is 0 Å². The van der Waals surface area contributed by atoms with Gasteiger partial charge in [-0.05, 0) is 70.8 Å². The molecule has 6 heteroatoms. The molecule has 12 rings (SSSR count). The van der Waals surface area contributed by atoms with Gasteiger partial charge in [-0.25, -0.2) is 0 Å². The first-order valence-electron chi connectivity index (χ1n) is 17.6. The van der Waals surface area contributed by atoms with Gasteiger partial charge in [0.2, 0.25) is 0 Å². The van der Waals surface area contributed by atoms with Gasteiger partial charge in [-0.2, -0.15) is 0 Å². The van der Waals surface area contributed by atoms with E-state index in [2.05, 4.69) is 143 Å². The molecule has 0 amide bonds. The zero-order valence-electron chi connectivity index (χ0n) is 28.0. The highest BCUT2D eigenvalue weighted by Gasteiger charge is 2.50. The van der Waals surface area contributed by atoms with E-state index in [1.807, 2.05) is 24.8 Å². The van der Waals surface area contributed by atoms with Crippen LogP contribution in [-0.2, 0) is 5.41 Å². The van der Waals surface area contributed by atoms with Crippen LogP contribution in [0.3, 0.4) is 0 Å². The van der Waals surface area contributed by atoms with Crippen molar-refractivity contribution in [2.75, 3.05) is 0 Å². The van der Waals surface area contributed by atoms with Crippen LogP contribution in [0.15, 0.2) is 158 Å². The third-order valence-electron chi connectivity index (χ3n) is 11.0. The van der Waals surface area contributed by atoms with Crippen LogP contribution in [0.1, 0.15) is 22.3 Å². The Morgan fingerprint density at radius 1 is 0.415 bits per heavy atom. The third kappa shape index (κ3) is 3.99. The zero-order chi connectivity index (χ0) is 34.7. The van der Waals surface area contributed by atoms with Crippen LogP contribution in [0.25, 0.3) is 62.6 Å².